The first-order valence-corrected chi connectivity index (χ1v) is 23.6. The summed E-state index contributed by atoms with van der Waals surface area (Å²) in [6, 6.07) is 8.06. The van der Waals surface area contributed by atoms with Crippen LogP contribution < -0.4 is 5.32 Å². The zero-order chi connectivity index (χ0) is 43.2. The lowest BCUT2D eigenvalue weighted by atomic mass is 9.32. The summed E-state index contributed by atoms with van der Waals surface area (Å²) in [6.07, 6.45) is 10.8. The number of allylic oxidation sites excluding steroid dienone is 2. The van der Waals surface area contributed by atoms with E-state index in [0.717, 1.165) is 19.3 Å². The Morgan fingerprint density at radius 3 is 2.03 bits per heavy atom. The van der Waals surface area contributed by atoms with Gasteiger partial charge in [-0.15, -0.1) is 0 Å². The second-order valence-electron chi connectivity index (χ2n) is 21.0. The number of benzene rings is 1. The van der Waals surface area contributed by atoms with Crippen molar-refractivity contribution in [3.63, 3.8) is 0 Å². The van der Waals surface area contributed by atoms with Gasteiger partial charge in [0.1, 0.15) is 0 Å². The maximum Gasteiger partial charge on any atom is 0.490 e. The van der Waals surface area contributed by atoms with Crippen molar-refractivity contribution in [2.24, 2.45) is 56.7 Å². The molecule has 59 heavy (non-hydrogen) atoms. The third-order valence-corrected chi connectivity index (χ3v) is 19.6. The monoisotopic (exact) mass is 846 g/mol. The Morgan fingerprint density at radius 2 is 1.46 bits per heavy atom. The summed E-state index contributed by atoms with van der Waals surface area (Å²) < 4.78 is 60.8. The van der Waals surface area contributed by atoms with Gasteiger partial charge in [-0.25, -0.2) is 18.0 Å². The van der Waals surface area contributed by atoms with E-state index in [9.17, 15) is 31.2 Å². The highest BCUT2D eigenvalue weighted by molar-refractivity contribution is 7.91. The minimum Gasteiger partial charge on any atom is -0.475 e. The molecule has 0 spiro atoms. The number of halogens is 3. The molecule has 2 N–H and O–H groups in total. The number of ether oxygens (including phenoxy) is 1. The molecular weight excluding hydrogens is 782 g/mol. The van der Waals surface area contributed by atoms with Crippen molar-refractivity contribution in [2.45, 2.75) is 124 Å². The van der Waals surface area contributed by atoms with Gasteiger partial charge in [-0.3, -0.25) is 9.69 Å². The van der Waals surface area contributed by atoms with Crippen LogP contribution in [0.1, 0.15) is 128 Å². The molecule has 6 fully saturated rings. The van der Waals surface area contributed by atoms with E-state index < -0.39 is 22.0 Å². The van der Waals surface area contributed by atoms with E-state index in [2.05, 4.69) is 70.0 Å². The fourth-order valence-electron chi connectivity index (χ4n) is 14.6. The Kier molecular flexibility index (Phi) is 11.1. The maximum atomic E-state index is 13.9. The maximum absolute atomic E-state index is 13.9. The van der Waals surface area contributed by atoms with E-state index in [-0.39, 0.29) is 50.6 Å². The summed E-state index contributed by atoms with van der Waals surface area (Å²) in [5.41, 5.74) is 4.18. The Bertz CT molecular complexity index is 1960. The van der Waals surface area contributed by atoms with E-state index in [1.807, 2.05) is 12.1 Å². The number of hydrogen-bond acceptors (Lipinski definition) is 7. The molecule has 0 unspecified atom stereocenters. The van der Waals surface area contributed by atoms with Crippen LogP contribution in [0.2, 0.25) is 0 Å². The average Bonchev–Trinajstić information content (AvgIpc) is 3.79. The van der Waals surface area contributed by atoms with Crippen molar-refractivity contribution < 1.29 is 45.8 Å². The zero-order valence-corrected chi connectivity index (χ0v) is 36.8. The number of carbonyl (C=O) groups is 3. The molecule has 328 valence electrons. The summed E-state index contributed by atoms with van der Waals surface area (Å²) in [5, 5.41) is 10.9. The van der Waals surface area contributed by atoms with Crippen molar-refractivity contribution in [3.05, 3.63) is 41.5 Å². The van der Waals surface area contributed by atoms with Gasteiger partial charge in [0.2, 0.25) is 5.91 Å². The van der Waals surface area contributed by atoms with Gasteiger partial charge in [0, 0.05) is 18.6 Å². The van der Waals surface area contributed by atoms with Gasteiger partial charge in [-0.2, -0.15) is 13.2 Å². The van der Waals surface area contributed by atoms with Crippen LogP contribution in [0.15, 0.2) is 30.3 Å². The van der Waals surface area contributed by atoms with Gasteiger partial charge in [-0.1, -0.05) is 59.8 Å². The molecular formula is C46H65F3N2O7S. The Hall–Kier alpha value is -2.93. The molecule has 1 heterocycles. The molecule has 1 aliphatic heterocycles. The number of fused-ring (bicyclic) bond motifs is 7. The molecule has 1 aromatic rings. The number of carboxylic acid groups (broad SMARTS) is 1. The van der Waals surface area contributed by atoms with Crippen LogP contribution in [0.3, 0.4) is 0 Å². The summed E-state index contributed by atoms with van der Waals surface area (Å²) in [6.45, 7) is 16.8. The van der Waals surface area contributed by atoms with E-state index in [4.69, 9.17) is 14.6 Å². The lowest BCUT2D eigenvalue weighted by Gasteiger charge is -2.72. The Balaban J connectivity index is 0.000000694. The summed E-state index contributed by atoms with van der Waals surface area (Å²) >= 11 is 0. The summed E-state index contributed by atoms with van der Waals surface area (Å²) in [7, 11) is -1.54. The van der Waals surface area contributed by atoms with Crippen molar-refractivity contribution in [1.82, 2.24) is 10.2 Å². The molecule has 0 bridgehead atoms. The molecule has 1 saturated heterocycles. The summed E-state index contributed by atoms with van der Waals surface area (Å²) in [5.74, 6) is 0.374. The Morgan fingerprint density at radius 1 is 0.831 bits per heavy atom. The standard InChI is InChI=1S/C44H64N2O5S.C2HF3O2/c1-39(2)31(29-8-10-30(11-9-29)38(48)51-7)14-17-41(4)34(39)16-18-43(6)35(41)13-12-33-37-32(40(3)20-21-40)15-19-44(37,23-22-42(33,43)5)45-36(47)28-46-24-26-52(49,50)27-25-46;3-2(4,5)1(6)7/h8-11,14,32-35,37H,12-13,15-28H2,1-7H3,(H,45,47);(H,6,7)/t32-,33-,34+,35-,37-,41+,42-,43-,44+;/m1./s1. The highest BCUT2D eigenvalue weighted by Gasteiger charge is 2.72. The molecule has 0 radical (unpaired) electrons. The highest BCUT2D eigenvalue weighted by Crippen LogP contribution is 2.78. The molecule has 6 aliphatic carbocycles. The molecule has 9 atom stereocenters. The van der Waals surface area contributed by atoms with Gasteiger partial charge in [0.15, 0.2) is 9.84 Å². The smallest absolute Gasteiger partial charge is 0.475 e. The molecule has 1 aromatic carbocycles. The number of methoxy groups -OCH3 is 1. The fourth-order valence-corrected chi connectivity index (χ4v) is 15.9. The number of alkyl halides is 3. The van der Waals surface area contributed by atoms with Crippen molar-refractivity contribution in [1.29, 1.82) is 0 Å². The third kappa shape index (κ3) is 7.47. The lowest BCUT2D eigenvalue weighted by molar-refractivity contribution is -0.222. The van der Waals surface area contributed by atoms with Crippen molar-refractivity contribution >= 4 is 33.3 Å². The predicted octanol–water partition coefficient (Wildman–Crippen LogP) is 8.58. The Labute approximate surface area is 348 Å². The number of amides is 1. The number of nitrogens with one attached hydrogen (secondary N) is 1. The first-order valence-electron chi connectivity index (χ1n) is 21.8. The quantitative estimate of drug-likeness (QED) is 0.273. The van der Waals surface area contributed by atoms with Crippen LogP contribution in [-0.4, -0.2) is 86.2 Å². The lowest BCUT2D eigenvalue weighted by Crippen LogP contribution is -2.68. The molecule has 8 rings (SSSR count). The number of carboxylic acids is 1. The molecule has 1 amide bonds. The van der Waals surface area contributed by atoms with Crippen LogP contribution in [0.4, 0.5) is 13.2 Å². The molecule has 9 nitrogen and oxygen atoms in total. The van der Waals surface area contributed by atoms with Gasteiger partial charge in [0.05, 0.1) is 30.7 Å². The number of aliphatic carboxylic acids is 1. The topological polar surface area (TPSA) is 130 Å². The van der Waals surface area contributed by atoms with Gasteiger partial charge >= 0.3 is 18.1 Å². The highest BCUT2D eigenvalue weighted by atomic mass is 32.2. The summed E-state index contributed by atoms with van der Waals surface area (Å²) in [4.78, 5) is 37.0. The first-order chi connectivity index (χ1) is 27.4. The number of nitrogens with zero attached hydrogens (tertiary/aromatic N) is 1. The largest absolute Gasteiger partial charge is 0.490 e. The molecule has 0 aromatic heterocycles. The van der Waals surface area contributed by atoms with Crippen molar-refractivity contribution in [2.75, 3.05) is 38.2 Å². The SMILES string of the molecule is COC(=O)c1ccc(C2=CC[C@]3(C)[C@H]4CC[C@@H]5[C@H]6[C@H](C7(C)CC7)CC[C@]6(NC(=O)CN6CCS(=O)(=O)CC6)CC[C@@]5(C)[C@]4(C)CC[C@H]3C2(C)C)cc1.O=C(O)C(F)(F)F. The van der Waals surface area contributed by atoms with E-state index in [1.54, 1.807) is 0 Å². The number of rotatable bonds is 6. The van der Waals surface area contributed by atoms with Gasteiger partial charge in [-0.05, 0) is 151 Å². The second kappa shape index (κ2) is 14.9. The van der Waals surface area contributed by atoms with Gasteiger partial charge < -0.3 is 15.2 Å². The first kappa shape index (κ1) is 44.1. The minimum atomic E-state index is -5.08. The van der Waals surface area contributed by atoms with Crippen LogP contribution in [-0.2, 0) is 24.2 Å². The number of sulfone groups is 1. The normalized spacial score (nSPS) is 39.0. The van der Waals surface area contributed by atoms with Crippen LogP contribution >= 0.6 is 0 Å². The number of carbonyl (C=O) groups excluding carboxylic acids is 2. The minimum absolute atomic E-state index is 0.0144. The average molecular weight is 847 g/mol. The fraction of sp³-hybridized carbons (Fsp3) is 0.761. The molecule has 7 aliphatic rings. The van der Waals surface area contributed by atoms with E-state index in [0.29, 0.717) is 60.2 Å². The van der Waals surface area contributed by atoms with Crippen molar-refractivity contribution in [3.8, 4) is 0 Å². The van der Waals surface area contributed by atoms with E-state index >= 15 is 0 Å². The number of esters is 1. The predicted molar refractivity (Wildman–Crippen MR) is 220 cm³/mol. The van der Waals surface area contributed by atoms with Crippen LogP contribution in [0.25, 0.3) is 5.57 Å². The van der Waals surface area contributed by atoms with Crippen LogP contribution in [0.5, 0.6) is 0 Å². The van der Waals surface area contributed by atoms with Gasteiger partial charge in [0.25, 0.3) is 0 Å². The molecule has 5 saturated carbocycles. The second-order valence-corrected chi connectivity index (χ2v) is 23.3. The zero-order valence-electron chi connectivity index (χ0n) is 36.0. The third-order valence-electron chi connectivity index (χ3n) is 18.0. The van der Waals surface area contributed by atoms with E-state index in [1.165, 1.54) is 69.6 Å². The van der Waals surface area contributed by atoms with Crippen LogP contribution in [0, 0.1) is 56.7 Å². The number of hydrogen-bond donors (Lipinski definition) is 2. The molecule has 13 heteroatoms.